The highest BCUT2D eigenvalue weighted by molar-refractivity contribution is 5.38. The van der Waals surface area contributed by atoms with Crippen molar-refractivity contribution in [2.45, 2.75) is 32.9 Å². The summed E-state index contributed by atoms with van der Waals surface area (Å²) in [5.41, 5.74) is 2.98. The van der Waals surface area contributed by atoms with Crippen molar-refractivity contribution in [3.8, 4) is 0 Å². The second-order valence-corrected chi connectivity index (χ2v) is 5.12. The number of furan rings is 1. The summed E-state index contributed by atoms with van der Waals surface area (Å²) in [6.07, 6.45) is 6.49. The molecule has 5 nitrogen and oxygen atoms in total. The van der Waals surface area contributed by atoms with Gasteiger partial charge >= 0.3 is 0 Å². The summed E-state index contributed by atoms with van der Waals surface area (Å²) in [4.78, 5) is 4.40. The van der Waals surface area contributed by atoms with Gasteiger partial charge in [0.15, 0.2) is 5.65 Å². The maximum Gasteiger partial charge on any atom is 0.155 e. The highest BCUT2D eigenvalue weighted by atomic mass is 16.3. The fourth-order valence-corrected chi connectivity index (χ4v) is 2.22. The van der Waals surface area contributed by atoms with Gasteiger partial charge in [0, 0.05) is 43.0 Å². The van der Waals surface area contributed by atoms with Crippen molar-refractivity contribution >= 4 is 5.65 Å². The highest BCUT2D eigenvalue weighted by Crippen LogP contribution is 2.07. The molecule has 0 saturated carbocycles. The van der Waals surface area contributed by atoms with Gasteiger partial charge in [0.1, 0.15) is 5.76 Å². The number of nitrogens with zero attached hydrogens (tertiary/aromatic N) is 3. The number of nitrogens with one attached hydrogen (secondary N) is 1. The quantitative estimate of drug-likeness (QED) is 0.773. The van der Waals surface area contributed by atoms with Crippen LogP contribution >= 0.6 is 0 Å². The molecule has 0 amide bonds. The lowest BCUT2D eigenvalue weighted by Gasteiger charge is -2.12. The van der Waals surface area contributed by atoms with Crippen molar-refractivity contribution in [2.24, 2.45) is 0 Å². The Hall–Kier alpha value is -2.14. The topological polar surface area (TPSA) is 55.4 Å². The Labute approximate surface area is 117 Å². The van der Waals surface area contributed by atoms with E-state index in [0.717, 1.165) is 35.6 Å². The Bertz CT molecular complexity index is 687. The first kappa shape index (κ1) is 12.9. The van der Waals surface area contributed by atoms with E-state index in [9.17, 15) is 0 Å². The van der Waals surface area contributed by atoms with Gasteiger partial charge in [-0.2, -0.15) is 5.10 Å². The van der Waals surface area contributed by atoms with E-state index >= 15 is 0 Å². The lowest BCUT2D eigenvalue weighted by molar-refractivity contribution is 0.456. The van der Waals surface area contributed by atoms with E-state index in [0.29, 0.717) is 6.04 Å². The van der Waals surface area contributed by atoms with Crippen molar-refractivity contribution in [3.63, 3.8) is 0 Å². The first-order valence-electron chi connectivity index (χ1n) is 6.77. The third-order valence-electron chi connectivity index (χ3n) is 3.23. The van der Waals surface area contributed by atoms with Gasteiger partial charge in [-0.25, -0.2) is 9.50 Å². The summed E-state index contributed by atoms with van der Waals surface area (Å²) in [7, 11) is 0. The van der Waals surface area contributed by atoms with Crippen LogP contribution in [0.25, 0.3) is 5.65 Å². The molecule has 0 aliphatic carbocycles. The minimum Gasteiger partial charge on any atom is -0.469 e. The van der Waals surface area contributed by atoms with E-state index in [2.05, 4.69) is 22.3 Å². The third-order valence-corrected chi connectivity index (χ3v) is 3.23. The molecule has 0 spiro atoms. The largest absolute Gasteiger partial charge is 0.469 e. The van der Waals surface area contributed by atoms with Crippen molar-refractivity contribution in [1.82, 2.24) is 19.9 Å². The zero-order valence-corrected chi connectivity index (χ0v) is 11.7. The molecule has 0 aliphatic rings. The summed E-state index contributed by atoms with van der Waals surface area (Å²) in [6, 6.07) is 6.23. The molecule has 5 heteroatoms. The Morgan fingerprint density at radius 2 is 2.35 bits per heavy atom. The number of hydrogen-bond donors (Lipinski definition) is 1. The molecule has 1 N–H and O–H groups in total. The van der Waals surface area contributed by atoms with E-state index in [1.807, 2.05) is 42.0 Å². The van der Waals surface area contributed by atoms with Gasteiger partial charge in [0.25, 0.3) is 0 Å². The number of aryl methyl sites for hydroxylation is 1. The molecule has 104 valence electrons. The lowest BCUT2D eigenvalue weighted by Crippen LogP contribution is -2.27. The summed E-state index contributed by atoms with van der Waals surface area (Å²) in [6.45, 7) is 4.88. The fraction of sp³-hybridized carbons (Fsp3) is 0.333. The van der Waals surface area contributed by atoms with Gasteiger partial charge in [-0.1, -0.05) is 0 Å². The maximum absolute atomic E-state index is 5.35. The highest BCUT2D eigenvalue weighted by Gasteiger charge is 2.06. The minimum atomic E-state index is 0.344. The number of rotatable bonds is 5. The summed E-state index contributed by atoms with van der Waals surface area (Å²) in [5.74, 6) is 1.00. The van der Waals surface area contributed by atoms with Gasteiger partial charge in [-0.3, -0.25) is 0 Å². The van der Waals surface area contributed by atoms with Crippen molar-refractivity contribution in [3.05, 3.63) is 53.9 Å². The molecule has 3 heterocycles. The van der Waals surface area contributed by atoms with Crippen molar-refractivity contribution in [2.75, 3.05) is 0 Å². The summed E-state index contributed by atoms with van der Waals surface area (Å²) >= 11 is 0. The Morgan fingerprint density at radius 3 is 3.15 bits per heavy atom. The molecule has 0 aliphatic heterocycles. The Morgan fingerprint density at radius 1 is 1.45 bits per heavy atom. The molecule has 3 aromatic rings. The SMILES string of the molecule is Cc1cc2ncc(CNC(C)Cc3ccco3)cn2n1. The van der Waals surface area contributed by atoms with Crippen LogP contribution in [0.3, 0.4) is 0 Å². The minimum absolute atomic E-state index is 0.344. The Balaban J connectivity index is 1.61. The van der Waals surface area contributed by atoms with Gasteiger partial charge in [-0.15, -0.1) is 0 Å². The number of aromatic nitrogens is 3. The van der Waals surface area contributed by atoms with Crippen LogP contribution in [0.2, 0.25) is 0 Å². The van der Waals surface area contributed by atoms with Gasteiger partial charge in [-0.05, 0) is 26.0 Å². The maximum atomic E-state index is 5.35. The molecule has 3 aromatic heterocycles. The molecular formula is C15H18N4O. The second kappa shape index (κ2) is 5.46. The van der Waals surface area contributed by atoms with Gasteiger partial charge in [0.05, 0.1) is 12.0 Å². The molecule has 0 fully saturated rings. The molecule has 0 saturated heterocycles. The third kappa shape index (κ3) is 2.88. The van der Waals surface area contributed by atoms with E-state index in [4.69, 9.17) is 4.42 Å². The molecule has 1 atom stereocenters. The first-order chi connectivity index (χ1) is 9.70. The van der Waals surface area contributed by atoms with Gasteiger partial charge in [0.2, 0.25) is 0 Å². The monoisotopic (exact) mass is 270 g/mol. The zero-order valence-electron chi connectivity index (χ0n) is 11.7. The van der Waals surface area contributed by atoms with Crippen molar-refractivity contribution < 1.29 is 4.42 Å². The van der Waals surface area contributed by atoms with E-state index in [1.54, 1.807) is 6.26 Å². The van der Waals surface area contributed by atoms with E-state index in [-0.39, 0.29) is 0 Å². The predicted octanol–water partition coefficient (Wildman–Crippen LogP) is 2.35. The number of hydrogen-bond acceptors (Lipinski definition) is 4. The Kier molecular flexibility index (Phi) is 3.52. The van der Waals surface area contributed by atoms with Crippen LogP contribution in [0.4, 0.5) is 0 Å². The molecule has 0 aromatic carbocycles. The normalized spacial score (nSPS) is 12.9. The van der Waals surface area contributed by atoms with E-state index in [1.165, 1.54) is 0 Å². The predicted molar refractivity (Wildman–Crippen MR) is 76.4 cm³/mol. The fourth-order valence-electron chi connectivity index (χ4n) is 2.22. The zero-order chi connectivity index (χ0) is 13.9. The van der Waals surface area contributed by atoms with E-state index < -0.39 is 0 Å². The lowest BCUT2D eigenvalue weighted by atomic mass is 10.2. The first-order valence-corrected chi connectivity index (χ1v) is 6.77. The molecule has 20 heavy (non-hydrogen) atoms. The number of fused-ring (bicyclic) bond motifs is 1. The second-order valence-electron chi connectivity index (χ2n) is 5.12. The van der Waals surface area contributed by atoms with Crippen molar-refractivity contribution in [1.29, 1.82) is 0 Å². The van der Waals surface area contributed by atoms with Crippen LogP contribution in [0, 0.1) is 6.92 Å². The molecule has 3 rings (SSSR count). The summed E-state index contributed by atoms with van der Waals surface area (Å²) in [5, 5.41) is 7.84. The average molecular weight is 270 g/mol. The molecule has 0 radical (unpaired) electrons. The standard InChI is InChI=1S/C15H18N4O/c1-11(6-14-4-3-5-20-14)16-8-13-9-17-15-7-12(2)18-19(15)10-13/h3-5,7,9-11,16H,6,8H2,1-2H3. The molecule has 1 unspecified atom stereocenters. The molecule has 0 bridgehead atoms. The van der Waals surface area contributed by atoms with Gasteiger partial charge < -0.3 is 9.73 Å². The average Bonchev–Trinajstić information content (AvgIpc) is 3.04. The van der Waals surface area contributed by atoms with Crippen LogP contribution in [0.5, 0.6) is 0 Å². The van der Waals surface area contributed by atoms with Crippen LogP contribution in [-0.2, 0) is 13.0 Å². The van der Waals surface area contributed by atoms with Crippen LogP contribution in [0.15, 0.2) is 41.3 Å². The summed E-state index contributed by atoms with van der Waals surface area (Å²) < 4.78 is 7.17. The van der Waals surface area contributed by atoms with Crippen LogP contribution < -0.4 is 5.32 Å². The molecular weight excluding hydrogens is 252 g/mol. The smallest absolute Gasteiger partial charge is 0.155 e. The van der Waals surface area contributed by atoms with Crippen LogP contribution in [-0.4, -0.2) is 20.6 Å². The van der Waals surface area contributed by atoms with Crippen LogP contribution in [0.1, 0.15) is 23.9 Å².